The molecule has 6 nitrogen and oxygen atoms in total. The van der Waals surface area contributed by atoms with Crippen molar-refractivity contribution in [3.05, 3.63) is 71.5 Å². The highest BCUT2D eigenvalue weighted by Gasteiger charge is 2.12. The summed E-state index contributed by atoms with van der Waals surface area (Å²) in [6, 6.07) is 16.6. The third-order valence-electron chi connectivity index (χ3n) is 4.43. The highest BCUT2D eigenvalue weighted by molar-refractivity contribution is 6.05. The van der Waals surface area contributed by atoms with Gasteiger partial charge in [0.1, 0.15) is 5.75 Å². The lowest BCUT2D eigenvalue weighted by atomic mass is 10.1. The van der Waals surface area contributed by atoms with Gasteiger partial charge >= 0.3 is 0 Å². The van der Waals surface area contributed by atoms with Gasteiger partial charge < -0.3 is 19.9 Å². The predicted octanol–water partition coefficient (Wildman–Crippen LogP) is 4.31. The summed E-state index contributed by atoms with van der Waals surface area (Å²) in [7, 11) is 1.53. The third kappa shape index (κ3) is 4.06. The van der Waals surface area contributed by atoms with Crippen molar-refractivity contribution in [1.82, 2.24) is 4.57 Å². The molecular formula is C22H23N3O3. The number of anilines is 2. The van der Waals surface area contributed by atoms with E-state index in [0.717, 1.165) is 17.1 Å². The number of hydrogen-bond donors (Lipinski definition) is 2. The van der Waals surface area contributed by atoms with Gasteiger partial charge in [0, 0.05) is 35.2 Å². The Morgan fingerprint density at radius 3 is 2.11 bits per heavy atom. The van der Waals surface area contributed by atoms with E-state index in [1.54, 1.807) is 30.3 Å². The van der Waals surface area contributed by atoms with E-state index in [1.807, 2.05) is 26.0 Å². The first-order chi connectivity index (χ1) is 13.4. The summed E-state index contributed by atoms with van der Waals surface area (Å²) < 4.78 is 7.43. The molecule has 6 heteroatoms. The van der Waals surface area contributed by atoms with Crippen molar-refractivity contribution in [3.8, 4) is 11.4 Å². The lowest BCUT2D eigenvalue weighted by Crippen LogP contribution is -2.13. The van der Waals surface area contributed by atoms with E-state index in [2.05, 4.69) is 27.3 Å². The quantitative estimate of drug-likeness (QED) is 0.696. The Kier molecular flexibility index (Phi) is 5.49. The van der Waals surface area contributed by atoms with E-state index in [0.29, 0.717) is 22.7 Å². The highest BCUT2D eigenvalue weighted by Crippen LogP contribution is 2.28. The van der Waals surface area contributed by atoms with Gasteiger partial charge in [-0.25, -0.2) is 0 Å². The van der Waals surface area contributed by atoms with Gasteiger partial charge in [-0.15, -0.1) is 0 Å². The fourth-order valence-electron chi connectivity index (χ4n) is 3.12. The van der Waals surface area contributed by atoms with Crippen LogP contribution in [0.1, 0.15) is 28.7 Å². The number of rotatable bonds is 5. The van der Waals surface area contributed by atoms with Crippen molar-refractivity contribution in [1.29, 1.82) is 0 Å². The van der Waals surface area contributed by atoms with Gasteiger partial charge in [-0.3, -0.25) is 9.59 Å². The molecule has 0 saturated heterocycles. The maximum Gasteiger partial charge on any atom is 0.255 e. The van der Waals surface area contributed by atoms with E-state index in [9.17, 15) is 9.59 Å². The molecule has 0 fully saturated rings. The number of carbonyl (C=O) groups is 2. The zero-order chi connectivity index (χ0) is 20.3. The van der Waals surface area contributed by atoms with Crippen LogP contribution < -0.4 is 15.4 Å². The molecule has 0 spiro atoms. The minimum atomic E-state index is -0.259. The highest BCUT2D eigenvalue weighted by atomic mass is 16.5. The van der Waals surface area contributed by atoms with Crippen LogP contribution in [0.4, 0.5) is 11.4 Å². The van der Waals surface area contributed by atoms with Crippen LogP contribution >= 0.6 is 0 Å². The molecule has 144 valence electrons. The monoisotopic (exact) mass is 377 g/mol. The summed E-state index contributed by atoms with van der Waals surface area (Å²) in [4.78, 5) is 24.0. The molecule has 0 atom stereocenters. The zero-order valence-electron chi connectivity index (χ0n) is 16.4. The van der Waals surface area contributed by atoms with E-state index < -0.39 is 0 Å². The lowest BCUT2D eigenvalue weighted by Gasteiger charge is -2.13. The van der Waals surface area contributed by atoms with E-state index in [-0.39, 0.29) is 11.8 Å². The van der Waals surface area contributed by atoms with E-state index >= 15 is 0 Å². The Labute approximate surface area is 164 Å². The number of amides is 2. The number of hydrogen-bond acceptors (Lipinski definition) is 3. The number of nitrogens with zero attached hydrogens (tertiary/aromatic N) is 1. The summed E-state index contributed by atoms with van der Waals surface area (Å²) in [6.45, 7) is 5.52. The summed E-state index contributed by atoms with van der Waals surface area (Å²) in [6.07, 6.45) is 0. The van der Waals surface area contributed by atoms with Gasteiger partial charge in [0.15, 0.2) is 0 Å². The van der Waals surface area contributed by atoms with Crippen LogP contribution in [0.15, 0.2) is 54.6 Å². The molecule has 2 N–H and O–H groups in total. The number of methoxy groups -OCH3 is 1. The molecule has 3 rings (SSSR count). The summed E-state index contributed by atoms with van der Waals surface area (Å²) in [5.74, 6) is 0.0667. The summed E-state index contributed by atoms with van der Waals surface area (Å²) >= 11 is 0. The number of aryl methyl sites for hydroxylation is 2. The number of benzene rings is 2. The Morgan fingerprint density at radius 2 is 1.54 bits per heavy atom. The van der Waals surface area contributed by atoms with Gasteiger partial charge in [0.05, 0.1) is 12.8 Å². The van der Waals surface area contributed by atoms with Crippen molar-refractivity contribution in [2.24, 2.45) is 0 Å². The first-order valence-electron chi connectivity index (χ1n) is 8.91. The zero-order valence-corrected chi connectivity index (χ0v) is 16.4. The van der Waals surface area contributed by atoms with Gasteiger partial charge in [0.25, 0.3) is 5.91 Å². The Hall–Kier alpha value is -3.54. The van der Waals surface area contributed by atoms with Crippen molar-refractivity contribution in [3.63, 3.8) is 0 Å². The van der Waals surface area contributed by atoms with Crippen LogP contribution in [0.2, 0.25) is 0 Å². The molecule has 3 aromatic rings. The topological polar surface area (TPSA) is 72.4 Å². The molecule has 2 aromatic carbocycles. The number of aromatic nitrogens is 1. The second-order valence-corrected chi connectivity index (χ2v) is 6.55. The molecule has 2 amide bonds. The molecule has 28 heavy (non-hydrogen) atoms. The molecule has 0 bridgehead atoms. The van der Waals surface area contributed by atoms with Crippen LogP contribution in [0.25, 0.3) is 5.69 Å². The first-order valence-corrected chi connectivity index (χ1v) is 8.91. The van der Waals surface area contributed by atoms with Gasteiger partial charge in [-0.1, -0.05) is 0 Å². The average molecular weight is 377 g/mol. The Morgan fingerprint density at radius 1 is 0.893 bits per heavy atom. The molecule has 0 unspecified atom stereocenters. The normalized spacial score (nSPS) is 10.4. The fourth-order valence-corrected chi connectivity index (χ4v) is 3.12. The SMILES string of the molecule is COc1ccc(NC(C)=O)cc1NC(=O)c1ccc(-n2c(C)ccc2C)cc1. The van der Waals surface area contributed by atoms with E-state index in [4.69, 9.17) is 4.74 Å². The fraction of sp³-hybridized carbons (Fsp3) is 0.182. The molecule has 0 radical (unpaired) electrons. The minimum Gasteiger partial charge on any atom is -0.495 e. The van der Waals surface area contributed by atoms with E-state index in [1.165, 1.54) is 14.0 Å². The second-order valence-electron chi connectivity index (χ2n) is 6.55. The Balaban J connectivity index is 1.82. The van der Waals surface area contributed by atoms with Crippen molar-refractivity contribution < 1.29 is 14.3 Å². The van der Waals surface area contributed by atoms with Gasteiger partial charge in [0.2, 0.25) is 5.91 Å². The number of carbonyl (C=O) groups excluding carboxylic acids is 2. The molecule has 0 aliphatic heterocycles. The van der Waals surface area contributed by atoms with Crippen molar-refractivity contribution >= 4 is 23.2 Å². The maximum atomic E-state index is 12.7. The lowest BCUT2D eigenvalue weighted by molar-refractivity contribution is -0.114. The molecule has 1 aromatic heterocycles. The van der Waals surface area contributed by atoms with Crippen LogP contribution in [0.5, 0.6) is 5.75 Å². The minimum absolute atomic E-state index is 0.186. The largest absolute Gasteiger partial charge is 0.495 e. The average Bonchev–Trinajstić information content (AvgIpc) is 3.00. The predicted molar refractivity (Wildman–Crippen MR) is 110 cm³/mol. The molecule has 1 heterocycles. The molecule has 0 aliphatic carbocycles. The third-order valence-corrected chi connectivity index (χ3v) is 4.43. The smallest absolute Gasteiger partial charge is 0.255 e. The second kappa shape index (κ2) is 8.00. The van der Waals surface area contributed by atoms with Crippen LogP contribution in [0.3, 0.4) is 0 Å². The Bertz CT molecular complexity index is 1000. The summed E-state index contributed by atoms with van der Waals surface area (Å²) in [5.41, 5.74) is 4.86. The molecule has 0 aliphatic rings. The van der Waals surface area contributed by atoms with Crippen molar-refractivity contribution in [2.45, 2.75) is 20.8 Å². The van der Waals surface area contributed by atoms with Gasteiger partial charge in [-0.05, 0) is 68.4 Å². The molecule has 0 saturated carbocycles. The standard InChI is InChI=1S/C22H23N3O3/c1-14-5-6-15(2)25(14)19-10-7-17(8-11-19)22(27)24-20-13-18(23-16(3)26)9-12-21(20)28-4/h5-13H,1-4H3,(H,23,26)(H,24,27). The first kappa shape index (κ1) is 19.2. The van der Waals surface area contributed by atoms with Crippen LogP contribution in [-0.4, -0.2) is 23.5 Å². The summed E-state index contributed by atoms with van der Waals surface area (Å²) in [5, 5.41) is 5.54. The molecular weight excluding hydrogens is 354 g/mol. The number of ether oxygens (including phenoxy) is 1. The van der Waals surface area contributed by atoms with Crippen molar-refractivity contribution in [2.75, 3.05) is 17.7 Å². The maximum absolute atomic E-state index is 12.7. The van der Waals surface area contributed by atoms with Crippen LogP contribution in [-0.2, 0) is 4.79 Å². The van der Waals surface area contributed by atoms with Crippen LogP contribution in [0, 0.1) is 13.8 Å². The van der Waals surface area contributed by atoms with Gasteiger partial charge in [-0.2, -0.15) is 0 Å². The number of nitrogens with one attached hydrogen (secondary N) is 2.